The van der Waals surface area contributed by atoms with Gasteiger partial charge in [0.15, 0.2) is 5.82 Å². The quantitative estimate of drug-likeness (QED) is 0.599. The van der Waals surface area contributed by atoms with Crippen LogP contribution in [0.2, 0.25) is 5.02 Å². The van der Waals surface area contributed by atoms with Crippen LogP contribution in [-0.2, 0) is 4.84 Å². The van der Waals surface area contributed by atoms with Gasteiger partial charge in [-0.2, -0.15) is 4.98 Å². The molecule has 3 aromatic rings. The van der Waals surface area contributed by atoms with E-state index < -0.39 is 0 Å². The number of rotatable bonds is 4. The molecule has 0 unspecified atom stereocenters. The second-order valence-corrected chi connectivity index (χ2v) is 7.14. The summed E-state index contributed by atoms with van der Waals surface area (Å²) in [6.07, 6.45) is 0.485. The van der Waals surface area contributed by atoms with Crippen LogP contribution in [0.3, 0.4) is 0 Å². The first-order valence-corrected chi connectivity index (χ1v) is 9.49. The second kappa shape index (κ2) is 8.05. The summed E-state index contributed by atoms with van der Waals surface area (Å²) in [6.45, 7) is 2.08. The largest absolute Gasteiger partial charge is 0.399 e. The number of oxime groups is 1. The summed E-state index contributed by atoms with van der Waals surface area (Å²) in [5, 5.41) is 8.52. The van der Waals surface area contributed by atoms with Gasteiger partial charge in [0, 0.05) is 22.6 Å². The van der Waals surface area contributed by atoms with Crippen molar-refractivity contribution in [2.75, 3.05) is 13.7 Å². The molecule has 0 N–H and O–H groups in total. The van der Waals surface area contributed by atoms with Gasteiger partial charge in [0.2, 0.25) is 5.89 Å². The Balaban J connectivity index is 1.61. The first-order chi connectivity index (χ1) is 14.1. The van der Waals surface area contributed by atoms with Crippen LogP contribution >= 0.6 is 11.6 Å². The lowest BCUT2D eigenvalue weighted by atomic mass is 10.0. The van der Waals surface area contributed by atoms with Crippen molar-refractivity contribution in [1.29, 1.82) is 0 Å². The fraction of sp³-hybridized carbons (Fsp3) is 0.238. The molecule has 1 amide bonds. The fourth-order valence-corrected chi connectivity index (χ4v) is 3.68. The lowest BCUT2D eigenvalue weighted by Gasteiger charge is -2.21. The molecule has 8 heteroatoms. The lowest BCUT2D eigenvalue weighted by molar-refractivity contribution is 0.0713. The summed E-state index contributed by atoms with van der Waals surface area (Å²) >= 11 is 6.28. The van der Waals surface area contributed by atoms with Crippen LogP contribution in [0, 0.1) is 6.92 Å². The molecular formula is C21H19ClN4O3. The molecule has 0 radical (unpaired) electrons. The third-order valence-corrected chi connectivity index (χ3v) is 5.11. The van der Waals surface area contributed by atoms with E-state index in [-0.39, 0.29) is 11.9 Å². The third-order valence-electron chi connectivity index (χ3n) is 4.78. The molecule has 0 aliphatic carbocycles. The molecule has 0 saturated carbocycles. The molecule has 2 aromatic carbocycles. The second-order valence-electron chi connectivity index (χ2n) is 6.73. The number of hydrogen-bond donors (Lipinski definition) is 0. The molecule has 1 aliphatic rings. The zero-order chi connectivity index (χ0) is 20.4. The maximum Gasteiger partial charge on any atom is 0.254 e. The van der Waals surface area contributed by atoms with E-state index in [0.29, 0.717) is 35.3 Å². The maximum absolute atomic E-state index is 13.2. The Morgan fingerprint density at radius 1 is 1.24 bits per heavy atom. The van der Waals surface area contributed by atoms with E-state index in [1.807, 2.05) is 36.4 Å². The summed E-state index contributed by atoms with van der Waals surface area (Å²) in [4.78, 5) is 24.1. The molecule has 148 valence electrons. The Hall–Kier alpha value is -3.19. The average molecular weight is 411 g/mol. The minimum atomic E-state index is -0.374. The highest BCUT2D eigenvalue weighted by Gasteiger charge is 2.38. The first-order valence-electron chi connectivity index (χ1n) is 9.12. The normalized spacial score (nSPS) is 17.7. The van der Waals surface area contributed by atoms with Gasteiger partial charge in [-0.25, -0.2) is 0 Å². The Bertz CT molecular complexity index is 1060. The van der Waals surface area contributed by atoms with Crippen molar-refractivity contribution in [3.8, 4) is 11.1 Å². The number of carbonyl (C=O) groups is 1. The highest BCUT2D eigenvalue weighted by molar-refractivity contribution is 6.33. The van der Waals surface area contributed by atoms with Crippen molar-refractivity contribution >= 4 is 23.2 Å². The van der Waals surface area contributed by atoms with Crippen LogP contribution in [0.4, 0.5) is 0 Å². The van der Waals surface area contributed by atoms with Crippen molar-refractivity contribution < 1.29 is 14.2 Å². The van der Waals surface area contributed by atoms with E-state index in [1.54, 1.807) is 24.0 Å². The van der Waals surface area contributed by atoms with Crippen LogP contribution in [0.1, 0.15) is 34.5 Å². The number of aromatic nitrogens is 2. The number of halogens is 1. The predicted molar refractivity (Wildman–Crippen MR) is 109 cm³/mol. The minimum Gasteiger partial charge on any atom is -0.399 e. The Morgan fingerprint density at radius 3 is 2.66 bits per heavy atom. The molecule has 1 saturated heterocycles. The van der Waals surface area contributed by atoms with Crippen LogP contribution in [0.5, 0.6) is 0 Å². The fourth-order valence-electron chi connectivity index (χ4n) is 3.44. The first kappa shape index (κ1) is 19.1. The number of nitrogens with zero attached hydrogens (tertiary/aromatic N) is 4. The van der Waals surface area contributed by atoms with Gasteiger partial charge in [-0.05, 0) is 30.7 Å². The number of hydrogen-bond acceptors (Lipinski definition) is 6. The van der Waals surface area contributed by atoms with E-state index in [9.17, 15) is 4.79 Å². The van der Waals surface area contributed by atoms with Gasteiger partial charge in [0.25, 0.3) is 5.91 Å². The molecular weight excluding hydrogens is 392 g/mol. The smallest absolute Gasteiger partial charge is 0.254 e. The van der Waals surface area contributed by atoms with E-state index in [4.69, 9.17) is 21.0 Å². The number of carbonyl (C=O) groups excluding carboxylic acids is 1. The number of aryl methyl sites for hydroxylation is 1. The molecule has 4 rings (SSSR count). The predicted octanol–water partition coefficient (Wildman–Crippen LogP) is 4.29. The van der Waals surface area contributed by atoms with Gasteiger partial charge in [0.05, 0.1) is 12.3 Å². The molecule has 0 bridgehead atoms. The maximum atomic E-state index is 13.2. The topological polar surface area (TPSA) is 80.8 Å². The van der Waals surface area contributed by atoms with E-state index in [2.05, 4.69) is 15.3 Å². The molecule has 1 atom stereocenters. The zero-order valence-electron chi connectivity index (χ0n) is 16.0. The van der Waals surface area contributed by atoms with Gasteiger partial charge >= 0.3 is 0 Å². The number of amides is 1. The van der Waals surface area contributed by atoms with Crippen molar-refractivity contribution in [3.63, 3.8) is 0 Å². The highest BCUT2D eigenvalue weighted by atomic mass is 35.5. The summed E-state index contributed by atoms with van der Waals surface area (Å²) in [7, 11) is 1.48. The Kier molecular flexibility index (Phi) is 5.31. The Labute approximate surface area is 172 Å². The molecule has 1 aromatic heterocycles. The van der Waals surface area contributed by atoms with Crippen LogP contribution < -0.4 is 0 Å². The number of benzene rings is 2. The molecule has 7 nitrogen and oxygen atoms in total. The van der Waals surface area contributed by atoms with Gasteiger partial charge in [-0.3, -0.25) is 4.79 Å². The minimum absolute atomic E-state index is 0.141. The zero-order valence-corrected chi connectivity index (χ0v) is 16.8. The van der Waals surface area contributed by atoms with Crippen molar-refractivity contribution in [1.82, 2.24) is 15.0 Å². The molecule has 0 spiro atoms. The van der Waals surface area contributed by atoms with Gasteiger partial charge in [-0.1, -0.05) is 52.2 Å². The third kappa shape index (κ3) is 3.86. The standard InChI is InChI=1S/C21H19ClN4O3/c1-13-23-20(29-24-13)19-11-16(25-28-2)12-26(19)21(27)15-9-7-14(8-10-15)17-5-3-4-6-18(17)22/h3-10,19H,11-12H2,1-2H3/b25-16+/t19-/m0/s1. The SMILES string of the molecule is CO/N=C1\C[C@@H](c2nc(C)no2)N(C(=O)c2ccc(-c3ccccc3Cl)cc2)C1. The van der Waals surface area contributed by atoms with Crippen molar-refractivity contribution in [3.05, 3.63) is 70.8 Å². The van der Waals surface area contributed by atoms with Gasteiger partial charge in [0.1, 0.15) is 13.2 Å². The van der Waals surface area contributed by atoms with Crippen molar-refractivity contribution in [2.45, 2.75) is 19.4 Å². The van der Waals surface area contributed by atoms with E-state index >= 15 is 0 Å². The van der Waals surface area contributed by atoms with Crippen LogP contribution in [0.15, 0.2) is 58.2 Å². The molecule has 2 heterocycles. The summed E-state index contributed by atoms with van der Waals surface area (Å²) < 4.78 is 5.32. The summed E-state index contributed by atoms with van der Waals surface area (Å²) in [5.74, 6) is 0.774. The van der Waals surface area contributed by atoms with Crippen molar-refractivity contribution in [2.24, 2.45) is 5.16 Å². The van der Waals surface area contributed by atoms with Crippen LogP contribution in [-0.4, -0.2) is 40.3 Å². The van der Waals surface area contributed by atoms with Crippen LogP contribution in [0.25, 0.3) is 11.1 Å². The molecule has 1 fully saturated rings. The summed E-state index contributed by atoms with van der Waals surface area (Å²) in [6, 6.07) is 14.6. The van der Waals surface area contributed by atoms with Gasteiger partial charge in [-0.15, -0.1) is 0 Å². The highest BCUT2D eigenvalue weighted by Crippen LogP contribution is 2.32. The lowest BCUT2D eigenvalue weighted by Crippen LogP contribution is -2.31. The molecule has 29 heavy (non-hydrogen) atoms. The van der Waals surface area contributed by atoms with E-state index in [0.717, 1.165) is 16.8 Å². The average Bonchev–Trinajstić information content (AvgIpc) is 3.34. The monoisotopic (exact) mass is 410 g/mol. The Morgan fingerprint density at radius 2 is 2.00 bits per heavy atom. The molecule has 1 aliphatic heterocycles. The number of likely N-dealkylation sites (tertiary alicyclic amines) is 1. The van der Waals surface area contributed by atoms with E-state index in [1.165, 1.54) is 7.11 Å². The van der Waals surface area contributed by atoms with Gasteiger partial charge < -0.3 is 14.3 Å². The summed E-state index contributed by atoms with van der Waals surface area (Å²) in [5.41, 5.74) is 3.16.